The van der Waals surface area contributed by atoms with E-state index in [1.165, 1.54) is 49.4 Å². The van der Waals surface area contributed by atoms with E-state index < -0.39 is 53.2 Å². The lowest BCUT2D eigenvalue weighted by Crippen LogP contribution is -2.51. The molecule has 4 N–H and O–H groups in total. The van der Waals surface area contributed by atoms with Gasteiger partial charge in [-0.1, -0.05) is 60.1 Å². The van der Waals surface area contributed by atoms with Crippen LogP contribution in [0.5, 0.6) is 5.75 Å². The maximum absolute atomic E-state index is 13.6. The number of amides is 2. The first-order valence-electron chi connectivity index (χ1n) is 13.1. The van der Waals surface area contributed by atoms with Gasteiger partial charge in [-0.05, 0) is 71.1 Å². The van der Waals surface area contributed by atoms with E-state index in [1.807, 2.05) is 0 Å². The second kappa shape index (κ2) is 13.2. The van der Waals surface area contributed by atoms with Gasteiger partial charge in [-0.25, -0.2) is 4.39 Å². The van der Waals surface area contributed by atoms with Crippen LogP contribution in [0.25, 0.3) is 22.3 Å². The van der Waals surface area contributed by atoms with Crippen molar-refractivity contribution < 1.29 is 42.2 Å². The number of hydrogen-bond acceptors (Lipinski definition) is 4. The summed E-state index contributed by atoms with van der Waals surface area (Å²) in [4.78, 5) is 37.7. The fourth-order valence-electron chi connectivity index (χ4n) is 4.34. The van der Waals surface area contributed by atoms with Crippen LogP contribution in [0.4, 0.5) is 17.6 Å². The molecular weight excluding hydrogens is 604 g/mol. The monoisotopic (exact) mass is 628 g/mol. The Hall–Kier alpha value is -4.90. The largest absolute Gasteiger partial charge is 0.507 e. The molecule has 0 saturated carbocycles. The molecule has 2 atom stereocenters. The molecule has 4 rings (SSSR count). The fourth-order valence-corrected chi connectivity index (χ4v) is 4.52. The minimum Gasteiger partial charge on any atom is -0.507 e. The minimum atomic E-state index is -4.51. The Kier molecular flexibility index (Phi) is 9.59. The zero-order valence-corrected chi connectivity index (χ0v) is 23.7. The smallest absolute Gasteiger partial charge is 0.416 e. The number of hydrogen-bond donors (Lipinski definition) is 4. The Bertz CT molecular complexity index is 1710. The van der Waals surface area contributed by atoms with Gasteiger partial charge in [0.15, 0.2) is 0 Å². The van der Waals surface area contributed by atoms with Crippen LogP contribution in [0.15, 0.2) is 84.9 Å². The van der Waals surface area contributed by atoms with Crippen LogP contribution >= 0.6 is 11.6 Å². The van der Waals surface area contributed by atoms with Crippen LogP contribution in [0.1, 0.15) is 28.4 Å². The van der Waals surface area contributed by atoms with Crippen LogP contribution in [0.3, 0.4) is 0 Å². The lowest BCUT2D eigenvalue weighted by Gasteiger charge is -2.21. The number of aliphatic carboxylic acids is 1. The SMILES string of the molecule is C[C@H](NC(=O)[C@H](Cc1ccc(-c2cccc(C(F)(F)F)c2)cc1)NC(=O)c1cc(-c2ccc(F)c(Cl)c2)ccc1O)C(=O)O. The number of phenolic OH excluding ortho intramolecular Hbond substituents is 1. The first-order chi connectivity index (χ1) is 20.7. The highest BCUT2D eigenvalue weighted by molar-refractivity contribution is 6.31. The molecule has 12 heteroatoms. The Morgan fingerprint density at radius 2 is 1.45 bits per heavy atom. The van der Waals surface area contributed by atoms with E-state index in [2.05, 4.69) is 10.6 Å². The van der Waals surface area contributed by atoms with Gasteiger partial charge in [0.05, 0.1) is 16.1 Å². The van der Waals surface area contributed by atoms with E-state index in [1.54, 1.807) is 24.3 Å². The van der Waals surface area contributed by atoms with Crippen molar-refractivity contribution in [2.24, 2.45) is 0 Å². The quantitative estimate of drug-likeness (QED) is 0.159. The number of carboxylic acids is 1. The summed E-state index contributed by atoms with van der Waals surface area (Å²) in [6, 6.07) is 16.4. The number of carbonyl (C=O) groups excluding carboxylic acids is 2. The van der Waals surface area contributed by atoms with Gasteiger partial charge in [0.25, 0.3) is 5.91 Å². The molecule has 0 fully saturated rings. The van der Waals surface area contributed by atoms with Crippen molar-refractivity contribution in [3.63, 3.8) is 0 Å². The third kappa shape index (κ3) is 7.73. The molecular formula is C32H25ClF4N2O5. The zero-order chi connectivity index (χ0) is 32.2. The van der Waals surface area contributed by atoms with Crippen molar-refractivity contribution in [1.29, 1.82) is 0 Å². The van der Waals surface area contributed by atoms with Crippen molar-refractivity contribution in [2.75, 3.05) is 0 Å². The van der Waals surface area contributed by atoms with Crippen LogP contribution in [-0.2, 0) is 22.2 Å². The summed E-state index contributed by atoms with van der Waals surface area (Å²) in [5.74, 6) is -4.04. The number of alkyl halides is 3. The molecule has 0 unspecified atom stereocenters. The number of carbonyl (C=O) groups is 3. The Labute approximate surface area is 254 Å². The Morgan fingerprint density at radius 1 is 0.841 bits per heavy atom. The summed E-state index contributed by atoms with van der Waals surface area (Å²) in [6.07, 6.45) is -4.64. The standard InChI is InChI=1S/C32H25ClF4N2O5/c1-17(31(43)44)38-30(42)27(13-18-5-7-19(8-6-18)20-3-2-4-23(14-20)32(35,36)37)39-29(41)24-15-21(10-12-28(24)40)22-9-11-26(34)25(33)16-22/h2-12,14-17,27,40H,13H2,1H3,(H,38,42)(H,39,41)(H,43,44)/t17-,27-/m0/s1. The van der Waals surface area contributed by atoms with E-state index >= 15 is 0 Å². The number of halogens is 5. The van der Waals surface area contributed by atoms with Gasteiger partial charge in [0, 0.05) is 6.42 Å². The summed E-state index contributed by atoms with van der Waals surface area (Å²) >= 11 is 5.88. The molecule has 4 aromatic carbocycles. The average Bonchev–Trinajstić information content (AvgIpc) is 2.98. The van der Waals surface area contributed by atoms with Crippen LogP contribution < -0.4 is 10.6 Å². The van der Waals surface area contributed by atoms with Crippen LogP contribution in [-0.4, -0.2) is 40.1 Å². The van der Waals surface area contributed by atoms with E-state index in [4.69, 9.17) is 11.6 Å². The number of phenols is 1. The number of nitrogens with one attached hydrogen (secondary N) is 2. The van der Waals surface area contributed by atoms with Gasteiger partial charge < -0.3 is 20.8 Å². The highest BCUT2D eigenvalue weighted by Gasteiger charge is 2.30. The topological polar surface area (TPSA) is 116 Å². The molecule has 0 radical (unpaired) electrons. The number of aromatic hydroxyl groups is 1. The normalized spacial score (nSPS) is 12.7. The Balaban J connectivity index is 1.60. The molecule has 44 heavy (non-hydrogen) atoms. The molecule has 4 aromatic rings. The Morgan fingerprint density at radius 3 is 2.09 bits per heavy atom. The maximum atomic E-state index is 13.6. The third-order valence-corrected chi connectivity index (χ3v) is 7.05. The molecule has 0 aliphatic rings. The summed E-state index contributed by atoms with van der Waals surface area (Å²) in [5, 5.41) is 24.3. The number of benzene rings is 4. The maximum Gasteiger partial charge on any atom is 0.416 e. The minimum absolute atomic E-state index is 0.124. The van der Waals surface area contributed by atoms with Crippen molar-refractivity contribution in [3.05, 3.63) is 112 Å². The fraction of sp³-hybridized carbons (Fsp3) is 0.156. The third-order valence-electron chi connectivity index (χ3n) is 6.76. The summed E-state index contributed by atoms with van der Waals surface area (Å²) in [6.45, 7) is 1.24. The van der Waals surface area contributed by atoms with Gasteiger partial charge in [0.2, 0.25) is 5.91 Å². The van der Waals surface area contributed by atoms with E-state index in [0.29, 0.717) is 27.8 Å². The molecule has 0 heterocycles. The highest BCUT2D eigenvalue weighted by atomic mass is 35.5. The number of carboxylic acid groups (broad SMARTS) is 1. The molecule has 2 amide bonds. The molecule has 228 valence electrons. The highest BCUT2D eigenvalue weighted by Crippen LogP contribution is 2.32. The van der Waals surface area contributed by atoms with Crippen molar-refractivity contribution in [2.45, 2.75) is 31.6 Å². The number of rotatable bonds is 9. The lowest BCUT2D eigenvalue weighted by molar-refractivity contribution is -0.141. The van der Waals surface area contributed by atoms with Crippen LogP contribution in [0.2, 0.25) is 5.02 Å². The zero-order valence-electron chi connectivity index (χ0n) is 23.0. The second-order valence-corrected chi connectivity index (χ2v) is 10.3. The van der Waals surface area contributed by atoms with Crippen molar-refractivity contribution in [3.8, 4) is 28.0 Å². The van der Waals surface area contributed by atoms with Gasteiger partial charge >= 0.3 is 12.1 Å². The van der Waals surface area contributed by atoms with Gasteiger partial charge in [-0.2, -0.15) is 13.2 Å². The molecule has 7 nitrogen and oxygen atoms in total. The predicted molar refractivity (Wildman–Crippen MR) is 156 cm³/mol. The second-order valence-electron chi connectivity index (χ2n) is 9.93. The molecule has 0 bridgehead atoms. The first kappa shape index (κ1) is 32.0. The summed E-state index contributed by atoms with van der Waals surface area (Å²) < 4.78 is 53.1. The van der Waals surface area contributed by atoms with Gasteiger partial charge in [-0.15, -0.1) is 0 Å². The van der Waals surface area contributed by atoms with Crippen molar-refractivity contribution >= 4 is 29.4 Å². The predicted octanol–water partition coefficient (Wildman–Crippen LogP) is 6.47. The molecule has 0 aliphatic heterocycles. The average molecular weight is 629 g/mol. The molecule has 0 aliphatic carbocycles. The van der Waals surface area contributed by atoms with Crippen LogP contribution in [0, 0.1) is 5.82 Å². The van der Waals surface area contributed by atoms with Gasteiger partial charge in [0.1, 0.15) is 23.7 Å². The van der Waals surface area contributed by atoms with E-state index in [0.717, 1.165) is 18.2 Å². The van der Waals surface area contributed by atoms with Crippen molar-refractivity contribution in [1.82, 2.24) is 10.6 Å². The summed E-state index contributed by atoms with van der Waals surface area (Å²) in [7, 11) is 0. The summed E-state index contributed by atoms with van der Waals surface area (Å²) in [5.41, 5.74) is 1.15. The molecule has 0 spiro atoms. The molecule has 0 saturated heterocycles. The molecule has 0 aromatic heterocycles. The lowest BCUT2D eigenvalue weighted by atomic mass is 9.98. The van der Waals surface area contributed by atoms with E-state index in [9.17, 15) is 42.2 Å². The van der Waals surface area contributed by atoms with Gasteiger partial charge in [-0.3, -0.25) is 14.4 Å². The van der Waals surface area contributed by atoms with E-state index in [-0.39, 0.29) is 17.0 Å². The first-order valence-corrected chi connectivity index (χ1v) is 13.5.